The van der Waals surface area contributed by atoms with Crippen LogP contribution in [0.2, 0.25) is 5.02 Å². The summed E-state index contributed by atoms with van der Waals surface area (Å²) in [6.45, 7) is 1.74. The summed E-state index contributed by atoms with van der Waals surface area (Å²) >= 11 is 6.01. The number of carbonyl (C=O) groups is 2. The van der Waals surface area contributed by atoms with Gasteiger partial charge in [-0.15, -0.1) is 0 Å². The molecule has 0 heterocycles. The Balaban J connectivity index is 2.16. The van der Waals surface area contributed by atoms with Crippen LogP contribution in [-0.2, 0) is 14.3 Å². The highest BCUT2D eigenvalue weighted by atomic mass is 35.5. The maximum atomic E-state index is 11.9. The van der Waals surface area contributed by atoms with Crippen molar-refractivity contribution in [2.75, 3.05) is 6.61 Å². The summed E-state index contributed by atoms with van der Waals surface area (Å²) in [7, 11) is 0. The zero-order chi connectivity index (χ0) is 13.8. The van der Waals surface area contributed by atoms with E-state index in [1.54, 1.807) is 24.3 Å². The first kappa shape index (κ1) is 13.8. The van der Waals surface area contributed by atoms with Crippen molar-refractivity contribution in [2.24, 2.45) is 5.92 Å². The molecule has 3 nitrogen and oxygen atoms in total. The van der Waals surface area contributed by atoms with E-state index < -0.39 is 5.97 Å². The Morgan fingerprint density at radius 2 is 2.05 bits per heavy atom. The van der Waals surface area contributed by atoms with Crippen LogP contribution in [0.15, 0.2) is 29.8 Å². The summed E-state index contributed by atoms with van der Waals surface area (Å²) in [6.07, 6.45) is 3.67. The second-order valence-corrected chi connectivity index (χ2v) is 5.08. The van der Waals surface area contributed by atoms with Gasteiger partial charge in [-0.05, 0) is 43.4 Å². The second-order valence-electron chi connectivity index (χ2n) is 4.68. The highest BCUT2D eigenvalue weighted by Crippen LogP contribution is 2.29. The van der Waals surface area contributed by atoms with Gasteiger partial charge in [0.05, 0.1) is 6.61 Å². The van der Waals surface area contributed by atoms with E-state index in [4.69, 9.17) is 16.3 Å². The third-order valence-corrected chi connectivity index (χ3v) is 3.30. The van der Waals surface area contributed by atoms with Crippen LogP contribution in [0, 0.1) is 5.92 Å². The second kappa shape index (κ2) is 6.02. The number of esters is 1. The largest absolute Gasteiger partial charge is 0.462 e. The minimum absolute atomic E-state index is 0.0359. The molecule has 1 aromatic carbocycles. The summed E-state index contributed by atoms with van der Waals surface area (Å²) in [5.74, 6) is -0.419. The number of benzene rings is 1. The Morgan fingerprint density at radius 1 is 1.37 bits per heavy atom. The van der Waals surface area contributed by atoms with Gasteiger partial charge in [0.1, 0.15) is 5.57 Å². The van der Waals surface area contributed by atoms with Crippen LogP contribution in [0.1, 0.15) is 25.3 Å². The lowest BCUT2D eigenvalue weighted by molar-refractivity contribution is -0.140. The van der Waals surface area contributed by atoms with Crippen LogP contribution < -0.4 is 0 Å². The SMILES string of the molecule is CC(=O)C(=Cc1ccccc1Cl)C(=O)OCC1CC1. The molecule has 0 saturated heterocycles. The van der Waals surface area contributed by atoms with Gasteiger partial charge in [-0.3, -0.25) is 4.79 Å². The summed E-state index contributed by atoms with van der Waals surface area (Å²) in [6, 6.07) is 7.05. The summed E-state index contributed by atoms with van der Waals surface area (Å²) in [5, 5.41) is 0.497. The van der Waals surface area contributed by atoms with Crippen molar-refractivity contribution in [3.05, 3.63) is 40.4 Å². The van der Waals surface area contributed by atoms with E-state index in [-0.39, 0.29) is 11.4 Å². The maximum absolute atomic E-state index is 11.9. The highest BCUT2D eigenvalue weighted by molar-refractivity contribution is 6.32. The average molecular weight is 279 g/mol. The predicted octanol–water partition coefficient (Wildman–Crippen LogP) is 3.27. The number of halogens is 1. The molecule has 1 aliphatic rings. The molecule has 100 valence electrons. The van der Waals surface area contributed by atoms with Gasteiger partial charge in [-0.1, -0.05) is 29.8 Å². The molecule has 1 aromatic rings. The minimum atomic E-state index is -0.570. The Morgan fingerprint density at radius 3 is 2.63 bits per heavy atom. The van der Waals surface area contributed by atoms with E-state index in [1.807, 2.05) is 0 Å². The van der Waals surface area contributed by atoms with E-state index in [0.717, 1.165) is 12.8 Å². The molecule has 0 amide bonds. The molecule has 0 aromatic heterocycles. The van der Waals surface area contributed by atoms with Gasteiger partial charge in [0.25, 0.3) is 0 Å². The standard InChI is InChI=1S/C15H15ClO3/c1-10(17)13(15(18)19-9-11-6-7-11)8-12-4-2-3-5-14(12)16/h2-5,8,11H,6-7,9H2,1H3. The van der Waals surface area contributed by atoms with Crippen molar-refractivity contribution >= 4 is 29.4 Å². The number of rotatable bonds is 5. The van der Waals surface area contributed by atoms with E-state index >= 15 is 0 Å². The lowest BCUT2D eigenvalue weighted by atomic mass is 10.1. The van der Waals surface area contributed by atoms with Crippen LogP contribution in [0.25, 0.3) is 6.08 Å². The van der Waals surface area contributed by atoms with Crippen LogP contribution in [-0.4, -0.2) is 18.4 Å². The fourth-order valence-electron chi connectivity index (χ4n) is 1.61. The van der Waals surface area contributed by atoms with Crippen molar-refractivity contribution < 1.29 is 14.3 Å². The van der Waals surface area contributed by atoms with Crippen molar-refractivity contribution in [2.45, 2.75) is 19.8 Å². The highest BCUT2D eigenvalue weighted by Gasteiger charge is 2.25. The Bertz CT molecular complexity index is 530. The minimum Gasteiger partial charge on any atom is -0.462 e. The van der Waals surface area contributed by atoms with Gasteiger partial charge in [0.15, 0.2) is 5.78 Å². The van der Waals surface area contributed by atoms with Crippen molar-refractivity contribution in [1.29, 1.82) is 0 Å². The quantitative estimate of drug-likeness (QED) is 0.359. The molecule has 1 fully saturated rings. The Labute approximate surface area is 117 Å². The smallest absolute Gasteiger partial charge is 0.341 e. The molecule has 0 bridgehead atoms. The number of Topliss-reactive ketones (excluding diaryl/α,β-unsaturated/α-hetero) is 1. The summed E-state index contributed by atoms with van der Waals surface area (Å²) in [4.78, 5) is 23.4. The van der Waals surface area contributed by atoms with Gasteiger partial charge in [0.2, 0.25) is 0 Å². The fourth-order valence-corrected chi connectivity index (χ4v) is 1.80. The van der Waals surface area contributed by atoms with Crippen LogP contribution in [0.3, 0.4) is 0 Å². The molecule has 19 heavy (non-hydrogen) atoms. The van der Waals surface area contributed by atoms with Crippen molar-refractivity contribution in [1.82, 2.24) is 0 Å². The monoisotopic (exact) mass is 278 g/mol. The number of carbonyl (C=O) groups excluding carboxylic acids is 2. The number of ether oxygens (including phenoxy) is 1. The third-order valence-electron chi connectivity index (χ3n) is 2.95. The van der Waals surface area contributed by atoms with Crippen LogP contribution >= 0.6 is 11.6 Å². The molecule has 0 spiro atoms. The Hall–Kier alpha value is -1.61. The zero-order valence-electron chi connectivity index (χ0n) is 10.7. The molecule has 0 N–H and O–H groups in total. The van der Waals surface area contributed by atoms with Gasteiger partial charge >= 0.3 is 5.97 Å². The molecular weight excluding hydrogens is 264 g/mol. The molecule has 2 rings (SSSR count). The van der Waals surface area contributed by atoms with E-state index in [9.17, 15) is 9.59 Å². The van der Waals surface area contributed by atoms with E-state index in [2.05, 4.69) is 0 Å². The molecule has 1 aliphatic carbocycles. The van der Waals surface area contributed by atoms with E-state index in [1.165, 1.54) is 13.0 Å². The zero-order valence-corrected chi connectivity index (χ0v) is 11.4. The first-order valence-corrected chi connectivity index (χ1v) is 6.60. The van der Waals surface area contributed by atoms with E-state index in [0.29, 0.717) is 23.1 Å². The van der Waals surface area contributed by atoms with Gasteiger partial charge in [0, 0.05) is 5.02 Å². The van der Waals surface area contributed by atoms with Gasteiger partial charge in [-0.2, -0.15) is 0 Å². The van der Waals surface area contributed by atoms with Gasteiger partial charge < -0.3 is 4.74 Å². The normalized spacial score (nSPS) is 15.2. The lowest BCUT2D eigenvalue weighted by Gasteiger charge is -2.06. The third kappa shape index (κ3) is 3.93. The number of hydrogen-bond acceptors (Lipinski definition) is 3. The summed E-state index contributed by atoms with van der Waals surface area (Å²) < 4.78 is 5.13. The predicted molar refractivity (Wildman–Crippen MR) is 73.8 cm³/mol. The first-order valence-electron chi connectivity index (χ1n) is 6.22. The molecule has 0 unspecified atom stereocenters. The van der Waals surface area contributed by atoms with Crippen LogP contribution in [0.4, 0.5) is 0 Å². The molecule has 0 aliphatic heterocycles. The molecule has 4 heteroatoms. The lowest BCUT2D eigenvalue weighted by Crippen LogP contribution is -2.15. The number of ketones is 1. The molecular formula is C15H15ClO3. The maximum Gasteiger partial charge on any atom is 0.341 e. The topological polar surface area (TPSA) is 43.4 Å². The summed E-state index contributed by atoms with van der Waals surface area (Å²) in [5.41, 5.74) is 0.673. The molecule has 1 saturated carbocycles. The number of hydrogen-bond donors (Lipinski definition) is 0. The molecule has 0 radical (unpaired) electrons. The fraction of sp³-hybridized carbons (Fsp3) is 0.333. The molecule has 0 atom stereocenters. The van der Waals surface area contributed by atoms with Crippen LogP contribution in [0.5, 0.6) is 0 Å². The first-order chi connectivity index (χ1) is 9.08. The van der Waals surface area contributed by atoms with Gasteiger partial charge in [-0.25, -0.2) is 4.79 Å². The van der Waals surface area contributed by atoms with Crippen molar-refractivity contribution in [3.63, 3.8) is 0 Å². The van der Waals surface area contributed by atoms with Crippen molar-refractivity contribution in [3.8, 4) is 0 Å². The average Bonchev–Trinajstić information content (AvgIpc) is 3.18. The Kier molecular flexibility index (Phi) is 4.38.